The number of ether oxygens (including phenoxy) is 1. The minimum Gasteiger partial charge on any atom is -0.444 e. The van der Waals surface area contributed by atoms with E-state index in [9.17, 15) is 13.6 Å². The van der Waals surface area contributed by atoms with Crippen LogP contribution in [0.3, 0.4) is 0 Å². The number of hydrogen-bond acceptors (Lipinski definition) is 5. The van der Waals surface area contributed by atoms with Crippen molar-refractivity contribution in [3.8, 4) is 0 Å². The maximum Gasteiger partial charge on any atom is 0.410 e. The Morgan fingerprint density at radius 2 is 2.03 bits per heavy atom. The lowest BCUT2D eigenvalue weighted by molar-refractivity contribution is 0.0215. The summed E-state index contributed by atoms with van der Waals surface area (Å²) >= 11 is 6.32. The van der Waals surface area contributed by atoms with Gasteiger partial charge in [-0.3, -0.25) is 0 Å². The second-order valence-electron chi connectivity index (χ2n) is 8.34. The Kier molecular flexibility index (Phi) is 4.64. The summed E-state index contributed by atoms with van der Waals surface area (Å²) in [6, 6.07) is 0.894. The molecule has 29 heavy (non-hydrogen) atoms. The van der Waals surface area contributed by atoms with Crippen LogP contribution in [0.2, 0.25) is 5.02 Å². The van der Waals surface area contributed by atoms with Gasteiger partial charge in [-0.25, -0.2) is 9.18 Å². The fraction of sp³-hybridized carbons (Fsp3) is 0.450. The Labute approximate surface area is 172 Å². The molecule has 0 aliphatic carbocycles. The van der Waals surface area contributed by atoms with Crippen molar-refractivity contribution in [2.75, 3.05) is 24.5 Å². The first-order valence-corrected chi connectivity index (χ1v) is 9.71. The molecule has 0 N–H and O–H groups in total. The zero-order chi connectivity index (χ0) is 21.1. The number of fused-ring (bicyclic) bond motifs is 2. The van der Waals surface area contributed by atoms with Gasteiger partial charge in [-0.15, -0.1) is 0 Å². The summed E-state index contributed by atoms with van der Waals surface area (Å²) in [6.45, 7) is 10.6. The topological polar surface area (TPSA) is 58.6 Å². The highest BCUT2D eigenvalue weighted by Gasteiger charge is 2.37. The number of benzene rings is 1. The third-order valence-corrected chi connectivity index (χ3v) is 5.37. The quantitative estimate of drug-likeness (QED) is 0.589. The fourth-order valence-corrected chi connectivity index (χ4v) is 4.26. The number of halogens is 3. The molecule has 0 saturated carbocycles. The lowest BCUT2D eigenvalue weighted by atomic mass is 9.98. The number of rotatable bonds is 0. The van der Waals surface area contributed by atoms with Gasteiger partial charge in [0.2, 0.25) is 0 Å². The van der Waals surface area contributed by atoms with E-state index in [0.717, 1.165) is 6.07 Å². The van der Waals surface area contributed by atoms with Crippen LogP contribution in [0.5, 0.6) is 0 Å². The van der Waals surface area contributed by atoms with Gasteiger partial charge in [-0.05, 0) is 38.8 Å². The molecular formula is C20H21ClF2N4O2. The van der Waals surface area contributed by atoms with Crippen molar-refractivity contribution in [1.29, 1.82) is 0 Å². The van der Waals surface area contributed by atoms with E-state index in [1.54, 1.807) is 4.90 Å². The van der Waals surface area contributed by atoms with Crippen LogP contribution in [0, 0.1) is 11.9 Å². The molecule has 1 saturated heterocycles. The van der Waals surface area contributed by atoms with Crippen molar-refractivity contribution in [3.05, 3.63) is 35.1 Å². The van der Waals surface area contributed by atoms with Crippen molar-refractivity contribution >= 4 is 40.0 Å². The van der Waals surface area contributed by atoms with E-state index in [0.29, 0.717) is 42.6 Å². The lowest BCUT2D eigenvalue weighted by Crippen LogP contribution is -2.55. The average Bonchev–Trinajstić information content (AvgIpc) is 2.72. The Morgan fingerprint density at radius 3 is 2.72 bits per heavy atom. The molecule has 154 valence electrons. The van der Waals surface area contributed by atoms with Crippen molar-refractivity contribution in [1.82, 2.24) is 14.9 Å². The zero-order valence-electron chi connectivity index (χ0n) is 16.4. The second kappa shape index (κ2) is 6.79. The van der Waals surface area contributed by atoms with E-state index < -0.39 is 23.6 Å². The van der Waals surface area contributed by atoms with E-state index in [-0.39, 0.29) is 22.4 Å². The number of carbonyl (C=O) groups excluding carboxylic acids is 1. The van der Waals surface area contributed by atoms with E-state index >= 15 is 0 Å². The highest BCUT2D eigenvalue weighted by Crippen LogP contribution is 2.43. The SMILES string of the molecule is C=C1C[C@@H]2CN(C(=O)OC(C)(C)C)CCN2c2nc(F)nc3c(F)cc(Cl)c1c23. The Bertz CT molecular complexity index is 1040. The molecule has 1 aromatic heterocycles. The van der Waals surface area contributed by atoms with E-state index in [4.69, 9.17) is 16.3 Å². The molecule has 1 amide bonds. The van der Waals surface area contributed by atoms with Gasteiger partial charge in [0.05, 0.1) is 16.5 Å². The van der Waals surface area contributed by atoms with Crippen LogP contribution < -0.4 is 4.90 Å². The Balaban J connectivity index is 1.77. The van der Waals surface area contributed by atoms with E-state index in [2.05, 4.69) is 16.5 Å². The van der Waals surface area contributed by atoms with Gasteiger partial charge in [-0.2, -0.15) is 14.4 Å². The van der Waals surface area contributed by atoms with Crippen LogP contribution in [0.15, 0.2) is 12.6 Å². The molecule has 2 aromatic rings. The number of amides is 1. The van der Waals surface area contributed by atoms with Crippen LogP contribution in [0.4, 0.5) is 19.4 Å². The second-order valence-corrected chi connectivity index (χ2v) is 8.74. The van der Waals surface area contributed by atoms with E-state index in [1.165, 1.54) is 0 Å². The molecule has 1 fully saturated rings. The normalized spacial score (nSPS) is 19.2. The highest BCUT2D eigenvalue weighted by atomic mass is 35.5. The highest BCUT2D eigenvalue weighted by molar-refractivity contribution is 6.34. The minimum absolute atomic E-state index is 0.122. The first-order chi connectivity index (χ1) is 13.5. The van der Waals surface area contributed by atoms with Crippen LogP contribution in [0.25, 0.3) is 16.5 Å². The predicted octanol–water partition coefficient (Wildman–Crippen LogP) is 4.40. The number of anilines is 1. The third-order valence-electron chi connectivity index (χ3n) is 5.07. The summed E-state index contributed by atoms with van der Waals surface area (Å²) in [5.41, 5.74) is 0.458. The van der Waals surface area contributed by atoms with Crippen LogP contribution >= 0.6 is 11.6 Å². The molecule has 3 heterocycles. The number of carbonyl (C=O) groups is 1. The predicted molar refractivity (Wildman–Crippen MR) is 107 cm³/mol. The van der Waals surface area contributed by atoms with Gasteiger partial charge in [-0.1, -0.05) is 18.2 Å². The van der Waals surface area contributed by atoms with Gasteiger partial charge in [0.15, 0.2) is 5.82 Å². The molecule has 1 aromatic carbocycles. The first-order valence-electron chi connectivity index (χ1n) is 9.33. The molecule has 4 rings (SSSR count). The van der Waals surface area contributed by atoms with Crippen molar-refractivity contribution in [2.24, 2.45) is 0 Å². The Hall–Kier alpha value is -2.48. The largest absolute Gasteiger partial charge is 0.444 e. The molecule has 0 radical (unpaired) electrons. The molecule has 1 atom stereocenters. The fourth-order valence-electron chi connectivity index (χ4n) is 3.94. The lowest BCUT2D eigenvalue weighted by Gasteiger charge is -2.41. The summed E-state index contributed by atoms with van der Waals surface area (Å²) in [6.07, 6.45) is -0.967. The smallest absolute Gasteiger partial charge is 0.410 e. The van der Waals surface area contributed by atoms with Crippen LogP contribution in [0.1, 0.15) is 32.8 Å². The standard InChI is InChI=1S/C20H21ClF2N4O2/c1-10-7-11-9-26(19(28)29-20(2,3)4)5-6-27(11)17-15-14(10)12(21)8-13(22)16(15)24-18(23)25-17/h8,11H,1,5-7,9H2,2-4H3/t11-/m1/s1. The van der Waals surface area contributed by atoms with E-state index in [1.807, 2.05) is 25.7 Å². The number of nitrogens with zero attached hydrogens (tertiary/aromatic N) is 4. The van der Waals surface area contributed by atoms with Gasteiger partial charge in [0.25, 0.3) is 0 Å². The summed E-state index contributed by atoms with van der Waals surface area (Å²) < 4.78 is 34.1. The van der Waals surface area contributed by atoms with Crippen molar-refractivity contribution in [3.63, 3.8) is 0 Å². The molecule has 0 bridgehead atoms. The van der Waals surface area contributed by atoms with Crippen molar-refractivity contribution < 1.29 is 18.3 Å². The summed E-state index contributed by atoms with van der Waals surface area (Å²) in [5, 5.41) is 0.537. The van der Waals surface area contributed by atoms with Crippen molar-refractivity contribution in [2.45, 2.75) is 38.8 Å². The number of hydrogen-bond donors (Lipinski definition) is 0. The van der Waals surface area contributed by atoms with Gasteiger partial charge < -0.3 is 14.5 Å². The summed E-state index contributed by atoms with van der Waals surface area (Å²) in [7, 11) is 0. The van der Waals surface area contributed by atoms with Crippen LogP contribution in [-0.2, 0) is 4.74 Å². The molecule has 6 nitrogen and oxygen atoms in total. The van der Waals surface area contributed by atoms with Crippen LogP contribution in [-0.4, -0.2) is 52.2 Å². The third kappa shape index (κ3) is 3.50. The Morgan fingerprint density at radius 1 is 1.31 bits per heavy atom. The molecule has 0 spiro atoms. The maximum atomic E-state index is 14.5. The monoisotopic (exact) mass is 422 g/mol. The molecule has 9 heteroatoms. The average molecular weight is 423 g/mol. The zero-order valence-corrected chi connectivity index (χ0v) is 17.2. The summed E-state index contributed by atoms with van der Waals surface area (Å²) in [5.74, 6) is -0.439. The molecular weight excluding hydrogens is 402 g/mol. The molecule has 2 aliphatic rings. The molecule has 0 unspecified atom stereocenters. The number of aromatic nitrogens is 2. The van der Waals surface area contributed by atoms with Gasteiger partial charge in [0, 0.05) is 25.2 Å². The minimum atomic E-state index is -1.01. The maximum absolute atomic E-state index is 14.5. The van der Waals surface area contributed by atoms with Gasteiger partial charge in [0.1, 0.15) is 16.9 Å². The number of piperazine rings is 1. The van der Waals surface area contributed by atoms with Gasteiger partial charge >= 0.3 is 12.2 Å². The summed E-state index contributed by atoms with van der Waals surface area (Å²) in [4.78, 5) is 23.6. The first kappa shape index (κ1) is 19.8. The molecule has 2 aliphatic heterocycles.